The molecule has 1 saturated carbocycles. The topological polar surface area (TPSA) is 40.5 Å². The van der Waals surface area contributed by atoms with E-state index in [1.807, 2.05) is 38.2 Å². The molecule has 0 bridgehead atoms. The molecule has 1 fully saturated rings. The van der Waals surface area contributed by atoms with Crippen molar-refractivity contribution >= 4 is 5.91 Å². The van der Waals surface area contributed by atoms with Crippen LogP contribution in [0.15, 0.2) is 24.3 Å². The van der Waals surface area contributed by atoms with Gasteiger partial charge in [-0.25, -0.2) is 0 Å². The van der Waals surface area contributed by atoms with Crippen molar-refractivity contribution in [3.63, 3.8) is 0 Å². The monoisotopic (exact) mass is 285 g/mol. The van der Waals surface area contributed by atoms with Crippen LogP contribution in [-0.4, -0.2) is 29.6 Å². The van der Waals surface area contributed by atoms with Crippen molar-refractivity contribution in [1.29, 1.82) is 0 Å². The lowest BCUT2D eigenvalue weighted by atomic mass is 10.0. The summed E-state index contributed by atoms with van der Waals surface area (Å²) in [5.41, 5.74) is 1.99. The summed E-state index contributed by atoms with van der Waals surface area (Å²) in [6.07, 6.45) is 2.84. The summed E-state index contributed by atoms with van der Waals surface area (Å²) in [7, 11) is 1.86. The van der Waals surface area contributed by atoms with E-state index >= 15 is 0 Å². The fraction of sp³-hybridized carbons (Fsp3) is 0.500. The first-order valence-electron chi connectivity index (χ1n) is 7.56. The van der Waals surface area contributed by atoms with Gasteiger partial charge in [0.15, 0.2) is 0 Å². The molecule has 3 heteroatoms. The summed E-state index contributed by atoms with van der Waals surface area (Å²) in [6, 6.07) is 7.88. The Bertz CT molecular complexity index is 552. The first-order valence-corrected chi connectivity index (χ1v) is 7.56. The van der Waals surface area contributed by atoms with Gasteiger partial charge in [-0.05, 0) is 30.4 Å². The first-order chi connectivity index (χ1) is 10.1. The molecule has 0 heterocycles. The number of amides is 1. The number of aliphatic hydroxyl groups excluding tert-OH is 1. The lowest BCUT2D eigenvalue weighted by Crippen LogP contribution is -2.32. The maximum Gasteiger partial charge on any atom is 0.225 e. The second-order valence-electron chi connectivity index (χ2n) is 5.75. The van der Waals surface area contributed by atoms with Crippen molar-refractivity contribution in [2.75, 3.05) is 13.7 Å². The number of nitrogens with zero attached hydrogens (tertiary/aromatic N) is 1. The molecule has 1 aromatic carbocycles. The van der Waals surface area contributed by atoms with E-state index in [9.17, 15) is 4.79 Å². The third kappa shape index (κ3) is 4.34. The van der Waals surface area contributed by atoms with Gasteiger partial charge in [-0.15, -0.1) is 0 Å². The fourth-order valence-corrected chi connectivity index (χ4v) is 2.47. The molecular weight excluding hydrogens is 262 g/mol. The number of hydrogen-bond acceptors (Lipinski definition) is 2. The Morgan fingerprint density at radius 3 is 2.81 bits per heavy atom. The van der Waals surface area contributed by atoms with Gasteiger partial charge in [-0.2, -0.15) is 0 Å². The number of carbonyl (C=O) groups is 1. The Hall–Kier alpha value is -1.79. The molecule has 0 saturated heterocycles. The van der Waals surface area contributed by atoms with Gasteiger partial charge < -0.3 is 10.0 Å². The molecule has 1 aliphatic carbocycles. The molecule has 112 valence electrons. The number of carbonyl (C=O) groups excluding carboxylic acids is 1. The van der Waals surface area contributed by atoms with Crippen LogP contribution in [0.4, 0.5) is 0 Å². The molecular formula is C18H23NO2. The predicted molar refractivity (Wildman–Crippen MR) is 83.4 cm³/mol. The largest absolute Gasteiger partial charge is 0.395 e. The number of benzene rings is 1. The van der Waals surface area contributed by atoms with Gasteiger partial charge in [0.1, 0.15) is 0 Å². The standard InChI is InChI=1S/C18H23NO2/c1-14(15-10-11-15)18(21)19(2)13-17-9-4-3-7-16(17)8-5-6-12-20/h3-4,7,9,14-15,20H,6,10-13H2,1-2H3. The van der Waals surface area contributed by atoms with Gasteiger partial charge in [-0.3, -0.25) is 4.79 Å². The third-order valence-corrected chi connectivity index (χ3v) is 3.98. The number of rotatable bonds is 5. The van der Waals surface area contributed by atoms with E-state index in [1.165, 1.54) is 12.8 Å². The molecule has 2 rings (SSSR count). The van der Waals surface area contributed by atoms with E-state index in [-0.39, 0.29) is 18.4 Å². The van der Waals surface area contributed by atoms with Gasteiger partial charge in [0.2, 0.25) is 5.91 Å². The van der Waals surface area contributed by atoms with Crippen LogP contribution in [0, 0.1) is 23.7 Å². The van der Waals surface area contributed by atoms with Gasteiger partial charge in [-0.1, -0.05) is 37.0 Å². The van der Waals surface area contributed by atoms with Crippen LogP contribution in [0.1, 0.15) is 37.3 Å². The predicted octanol–water partition coefficient (Wildman–Crippen LogP) is 2.43. The van der Waals surface area contributed by atoms with Crippen LogP contribution in [0.5, 0.6) is 0 Å². The third-order valence-electron chi connectivity index (χ3n) is 3.98. The van der Waals surface area contributed by atoms with Crippen molar-refractivity contribution in [3.05, 3.63) is 35.4 Å². The average Bonchev–Trinajstić information content (AvgIpc) is 3.32. The molecule has 1 unspecified atom stereocenters. The normalized spacial score (nSPS) is 15.0. The Labute approximate surface area is 127 Å². The molecule has 1 atom stereocenters. The molecule has 1 N–H and O–H groups in total. The number of hydrogen-bond donors (Lipinski definition) is 1. The highest BCUT2D eigenvalue weighted by molar-refractivity contribution is 5.79. The van der Waals surface area contributed by atoms with Gasteiger partial charge in [0.05, 0.1) is 6.61 Å². The maximum atomic E-state index is 12.4. The van der Waals surface area contributed by atoms with Crippen molar-refractivity contribution in [1.82, 2.24) is 4.90 Å². The Kier molecular flexibility index (Phi) is 5.41. The van der Waals surface area contributed by atoms with Crippen LogP contribution in [0.2, 0.25) is 0 Å². The van der Waals surface area contributed by atoms with Crippen LogP contribution in [0.3, 0.4) is 0 Å². The summed E-state index contributed by atoms with van der Waals surface area (Å²) >= 11 is 0. The SMILES string of the molecule is CC(C(=O)N(C)Cc1ccccc1C#CCCO)C1CC1. The zero-order chi connectivity index (χ0) is 15.2. The average molecular weight is 285 g/mol. The lowest BCUT2D eigenvalue weighted by molar-refractivity contribution is -0.134. The molecule has 1 amide bonds. The number of aliphatic hydroxyl groups is 1. The van der Waals surface area contributed by atoms with E-state index in [2.05, 4.69) is 11.8 Å². The molecule has 1 aromatic rings. The summed E-state index contributed by atoms with van der Waals surface area (Å²) in [5.74, 6) is 6.95. The molecule has 21 heavy (non-hydrogen) atoms. The minimum Gasteiger partial charge on any atom is -0.395 e. The molecule has 0 aromatic heterocycles. The van der Waals surface area contributed by atoms with E-state index in [0.717, 1.165) is 11.1 Å². The van der Waals surface area contributed by atoms with Crippen LogP contribution in [-0.2, 0) is 11.3 Å². The Morgan fingerprint density at radius 2 is 2.14 bits per heavy atom. The molecule has 0 radical (unpaired) electrons. The van der Waals surface area contributed by atoms with E-state index < -0.39 is 0 Å². The zero-order valence-electron chi connectivity index (χ0n) is 12.8. The lowest BCUT2D eigenvalue weighted by Gasteiger charge is -2.22. The van der Waals surface area contributed by atoms with Crippen LogP contribution >= 0.6 is 0 Å². The van der Waals surface area contributed by atoms with Crippen molar-refractivity contribution in [2.24, 2.45) is 11.8 Å². The summed E-state index contributed by atoms with van der Waals surface area (Å²) in [6.45, 7) is 2.69. The van der Waals surface area contributed by atoms with E-state index in [1.54, 1.807) is 4.90 Å². The maximum absolute atomic E-state index is 12.4. The van der Waals surface area contributed by atoms with Crippen LogP contribution < -0.4 is 0 Å². The van der Waals surface area contributed by atoms with Crippen molar-refractivity contribution < 1.29 is 9.90 Å². The van der Waals surface area contributed by atoms with E-state index in [4.69, 9.17) is 5.11 Å². The molecule has 1 aliphatic rings. The van der Waals surface area contributed by atoms with Crippen LogP contribution in [0.25, 0.3) is 0 Å². The van der Waals surface area contributed by atoms with Crippen molar-refractivity contribution in [3.8, 4) is 11.8 Å². The highest BCUT2D eigenvalue weighted by atomic mass is 16.2. The summed E-state index contributed by atoms with van der Waals surface area (Å²) in [5, 5.41) is 8.80. The molecule has 0 spiro atoms. The second kappa shape index (κ2) is 7.28. The summed E-state index contributed by atoms with van der Waals surface area (Å²) < 4.78 is 0. The molecule has 0 aliphatic heterocycles. The van der Waals surface area contributed by atoms with Gasteiger partial charge in [0.25, 0.3) is 0 Å². The minimum absolute atomic E-state index is 0.0759. The van der Waals surface area contributed by atoms with Gasteiger partial charge in [0, 0.05) is 31.5 Å². The van der Waals surface area contributed by atoms with Gasteiger partial charge >= 0.3 is 0 Å². The Morgan fingerprint density at radius 1 is 1.43 bits per heavy atom. The minimum atomic E-state index is 0.0759. The molecule has 3 nitrogen and oxygen atoms in total. The fourth-order valence-electron chi connectivity index (χ4n) is 2.47. The summed E-state index contributed by atoms with van der Waals surface area (Å²) in [4.78, 5) is 14.2. The second-order valence-corrected chi connectivity index (χ2v) is 5.75. The highest BCUT2D eigenvalue weighted by Crippen LogP contribution is 2.37. The zero-order valence-corrected chi connectivity index (χ0v) is 12.8. The highest BCUT2D eigenvalue weighted by Gasteiger charge is 2.34. The van der Waals surface area contributed by atoms with Crippen molar-refractivity contribution in [2.45, 2.75) is 32.7 Å². The smallest absolute Gasteiger partial charge is 0.225 e. The first kappa shape index (κ1) is 15.6. The Balaban J connectivity index is 2.04. The quantitative estimate of drug-likeness (QED) is 0.844. The van der Waals surface area contributed by atoms with E-state index in [0.29, 0.717) is 18.9 Å².